The highest BCUT2D eigenvalue weighted by Crippen LogP contribution is 2.12. The Kier molecular flexibility index (Phi) is 1.90. The van der Waals surface area contributed by atoms with Gasteiger partial charge in [0.2, 0.25) is 0 Å². The number of thiocarbonyl (C=S) groups is 1. The third-order valence-electron chi connectivity index (χ3n) is 1.83. The molecule has 0 aliphatic heterocycles. The molecular weight excluding hydrogens is 182 g/mol. The van der Waals surface area contributed by atoms with Crippen LogP contribution in [0.2, 0.25) is 0 Å². The molecule has 0 amide bonds. The van der Waals surface area contributed by atoms with Crippen molar-refractivity contribution in [2.24, 2.45) is 5.73 Å². The third kappa shape index (κ3) is 1.48. The van der Waals surface area contributed by atoms with E-state index in [0.717, 1.165) is 10.9 Å². The van der Waals surface area contributed by atoms with Gasteiger partial charge in [0.25, 0.3) is 0 Å². The van der Waals surface area contributed by atoms with E-state index >= 15 is 0 Å². The highest BCUT2D eigenvalue weighted by atomic mass is 32.1. The van der Waals surface area contributed by atoms with E-state index in [9.17, 15) is 0 Å². The molecule has 0 unspecified atom stereocenters. The lowest BCUT2D eigenvalue weighted by molar-refractivity contribution is 1.04. The average molecular weight is 191 g/mol. The molecule has 13 heavy (non-hydrogen) atoms. The number of rotatable bonds is 1. The van der Waals surface area contributed by atoms with Crippen molar-refractivity contribution in [3.05, 3.63) is 36.5 Å². The first-order chi connectivity index (χ1) is 6.27. The predicted octanol–water partition coefficient (Wildman–Crippen LogP) is 1.43. The lowest BCUT2D eigenvalue weighted by atomic mass is 10.3. The zero-order valence-electron chi connectivity index (χ0n) is 6.90. The van der Waals surface area contributed by atoms with Gasteiger partial charge in [-0.1, -0.05) is 18.2 Å². The number of nitrogens with one attached hydrogen (secondary N) is 1. The van der Waals surface area contributed by atoms with Gasteiger partial charge in [0, 0.05) is 11.6 Å². The number of nitrogens with two attached hydrogens (primary N) is 1. The number of nitrogens with zero attached hydrogens (tertiary/aromatic N) is 1. The van der Waals surface area contributed by atoms with E-state index in [4.69, 9.17) is 18.0 Å². The molecule has 3 nitrogen and oxygen atoms in total. The Labute approximate surface area is 81.1 Å². The molecule has 2 rings (SSSR count). The van der Waals surface area contributed by atoms with Crippen LogP contribution in [0.3, 0.4) is 0 Å². The molecule has 0 aliphatic rings. The van der Waals surface area contributed by atoms with E-state index in [1.54, 1.807) is 4.68 Å². The van der Waals surface area contributed by atoms with Crippen LogP contribution < -0.4 is 11.2 Å². The fourth-order valence-electron chi connectivity index (χ4n) is 1.30. The van der Waals surface area contributed by atoms with Crippen LogP contribution in [0.25, 0.3) is 10.9 Å². The standard InChI is InChI=1S/C9H9N3S/c10-9(13)11-12-6-5-7-3-1-2-4-8(7)12/h1-6H,(H3,10,11,13). The molecule has 3 N–H and O–H groups in total. The molecule has 1 aromatic carbocycles. The molecule has 1 aromatic heterocycles. The van der Waals surface area contributed by atoms with Crippen LogP contribution in [0.4, 0.5) is 0 Å². The molecular formula is C9H9N3S. The normalized spacial score (nSPS) is 10.2. The number of fused-ring (bicyclic) bond motifs is 1. The summed E-state index contributed by atoms with van der Waals surface area (Å²) in [6, 6.07) is 10.0. The summed E-state index contributed by atoms with van der Waals surface area (Å²) in [5.74, 6) is 0. The zero-order chi connectivity index (χ0) is 9.26. The largest absolute Gasteiger partial charge is 0.375 e. The maximum absolute atomic E-state index is 5.37. The van der Waals surface area contributed by atoms with Crippen molar-refractivity contribution in [2.45, 2.75) is 0 Å². The molecule has 0 atom stereocenters. The van der Waals surface area contributed by atoms with E-state index in [-0.39, 0.29) is 5.11 Å². The highest BCUT2D eigenvalue weighted by Gasteiger charge is 1.98. The van der Waals surface area contributed by atoms with Gasteiger partial charge < -0.3 is 5.73 Å². The third-order valence-corrected chi connectivity index (χ3v) is 1.92. The van der Waals surface area contributed by atoms with E-state index in [2.05, 4.69) is 5.43 Å². The lowest BCUT2D eigenvalue weighted by Crippen LogP contribution is -2.27. The molecule has 1 heterocycles. The van der Waals surface area contributed by atoms with Crippen LogP contribution in [0.1, 0.15) is 0 Å². The zero-order valence-corrected chi connectivity index (χ0v) is 7.71. The van der Waals surface area contributed by atoms with Crippen molar-refractivity contribution in [2.75, 3.05) is 5.43 Å². The van der Waals surface area contributed by atoms with Crippen LogP contribution in [-0.4, -0.2) is 9.79 Å². The monoisotopic (exact) mass is 191 g/mol. The Hall–Kier alpha value is -1.55. The van der Waals surface area contributed by atoms with E-state index < -0.39 is 0 Å². The summed E-state index contributed by atoms with van der Waals surface area (Å²) < 4.78 is 1.80. The van der Waals surface area contributed by atoms with Crippen molar-refractivity contribution >= 4 is 28.2 Å². The highest BCUT2D eigenvalue weighted by molar-refractivity contribution is 7.80. The lowest BCUT2D eigenvalue weighted by Gasteiger charge is -2.05. The molecule has 0 saturated heterocycles. The summed E-state index contributed by atoms with van der Waals surface area (Å²) in [7, 11) is 0. The van der Waals surface area contributed by atoms with Gasteiger partial charge in [-0.3, -0.25) is 10.1 Å². The minimum Gasteiger partial charge on any atom is -0.375 e. The first-order valence-electron chi connectivity index (χ1n) is 3.90. The van der Waals surface area contributed by atoms with Crippen LogP contribution in [0.5, 0.6) is 0 Å². The van der Waals surface area contributed by atoms with Crippen molar-refractivity contribution in [3.8, 4) is 0 Å². The molecule has 4 heteroatoms. The second kappa shape index (κ2) is 3.06. The van der Waals surface area contributed by atoms with Crippen LogP contribution in [0, 0.1) is 0 Å². The van der Waals surface area contributed by atoms with Crippen molar-refractivity contribution in [3.63, 3.8) is 0 Å². The summed E-state index contributed by atoms with van der Waals surface area (Å²) in [5.41, 5.74) is 9.29. The fourth-order valence-corrected chi connectivity index (χ4v) is 1.40. The average Bonchev–Trinajstić information content (AvgIpc) is 2.48. The van der Waals surface area contributed by atoms with Gasteiger partial charge in [-0.2, -0.15) is 0 Å². The smallest absolute Gasteiger partial charge is 0.183 e. The molecule has 0 fully saturated rings. The quantitative estimate of drug-likeness (QED) is 0.670. The summed E-state index contributed by atoms with van der Waals surface area (Å²) >= 11 is 4.75. The minimum atomic E-state index is 0.265. The number of para-hydroxylation sites is 1. The van der Waals surface area contributed by atoms with Crippen molar-refractivity contribution < 1.29 is 0 Å². The predicted molar refractivity (Wildman–Crippen MR) is 58.1 cm³/mol. The number of aromatic nitrogens is 1. The van der Waals surface area contributed by atoms with Crippen LogP contribution in [0.15, 0.2) is 36.5 Å². The number of hydrogen-bond donors (Lipinski definition) is 2. The summed E-state index contributed by atoms with van der Waals surface area (Å²) in [6.07, 6.45) is 1.89. The molecule has 0 spiro atoms. The Morgan fingerprint density at radius 3 is 2.85 bits per heavy atom. The van der Waals surface area contributed by atoms with Gasteiger partial charge in [-0.25, -0.2) is 0 Å². The Morgan fingerprint density at radius 2 is 2.08 bits per heavy atom. The van der Waals surface area contributed by atoms with Crippen LogP contribution >= 0.6 is 12.2 Å². The SMILES string of the molecule is NC(=S)Nn1ccc2ccccc21. The Balaban J connectivity index is 2.51. The minimum absolute atomic E-state index is 0.265. The van der Waals surface area contributed by atoms with E-state index in [1.165, 1.54) is 0 Å². The van der Waals surface area contributed by atoms with Gasteiger partial charge in [0.05, 0.1) is 5.52 Å². The number of hydrogen-bond acceptors (Lipinski definition) is 1. The maximum Gasteiger partial charge on any atom is 0.183 e. The fraction of sp³-hybridized carbons (Fsp3) is 0. The van der Waals surface area contributed by atoms with Crippen LogP contribution in [-0.2, 0) is 0 Å². The van der Waals surface area contributed by atoms with E-state index in [0.29, 0.717) is 0 Å². The summed E-state index contributed by atoms with van der Waals surface area (Å²) in [5, 5.41) is 1.42. The van der Waals surface area contributed by atoms with Gasteiger partial charge in [-0.05, 0) is 24.4 Å². The first-order valence-corrected chi connectivity index (χ1v) is 4.31. The van der Waals surface area contributed by atoms with E-state index in [1.807, 2.05) is 36.5 Å². The summed E-state index contributed by atoms with van der Waals surface area (Å²) in [6.45, 7) is 0. The maximum atomic E-state index is 5.37. The van der Waals surface area contributed by atoms with Gasteiger partial charge >= 0.3 is 0 Å². The number of benzene rings is 1. The molecule has 0 aliphatic carbocycles. The second-order valence-electron chi connectivity index (χ2n) is 2.72. The topological polar surface area (TPSA) is 43.0 Å². The Morgan fingerprint density at radius 1 is 1.31 bits per heavy atom. The van der Waals surface area contributed by atoms with Crippen molar-refractivity contribution in [1.29, 1.82) is 0 Å². The molecule has 0 bridgehead atoms. The van der Waals surface area contributed by atoms with Gasteiger partial charge in [-0.15, -0.1) is 0 Å². The first kappa shape index (κ1) is 8.07. The molecule has 66 valence electrons. The second-order valence-corrected chi connectivity index (χ2v) is 3.16. The van der Waals surface area contributed by atoms with Crippen molar-refractivity contribution in [1.82, 2.24) is 4.68 Å². The molecule has 0 radical (unpaired) electrons. The summed E-state index contributed by atoms with van der Waals surface area (Å²) in [4.78, 5) is 0. The Bertz CT molecular complexity index is 447. The van der Waals surface area contributed by atoms with Gasteiger partial charge in [0.1, 0.15) is 0 Å². The van der Waals surface area contributed by atoms with Gasteiger partial charge in [0.15, 0.2) is 5.11 Å². The molecule has 0 saturated carbocycles. The molecule has 2 aromatic rings.